The standard InChI is InChI=1S/C14H16N4O/c15-7-10-1-4-13(16-8-10)14(19)18-6-5-11-2-3-12(9-18)17-11/h1,4,8,11-12,17H,2-3,5-6,9H2. The Hall–Kier alpha value is -1.93. The Balaban J connectivity index is 1.74. The molecule has 3 heterocycles. The monoisotopic (exact) mass is 256 g/mol. The van der Waals surface area contributed by atoms with Crippen LogP contribution in [0.1, 0.15) is 35.3 Å². The minimum Gasteiger partial charge on any atom is -0.336 e. The molecule has 1 N–H and O–H groups in total. The van der Waals surface area contributed by atoms with Gasteiger partial charge in [0, 0.05) is 31.4 Å². The molecule has 2 fully saturated rings. The minimum atomic E-state index is -0.0289. The highest BCUT2D eigenvalue weighted by Crippen LogP contribution is 2.21. The highest BCUT2D eigenvalue weighted by molar-refractivity contribution is 5.92. The van der Waals surface area contributed by atoms with Crippen molar-refractivity contribution in [1.29, 1.82) is 5.26 Å². The van der Waals surface area contributed by atoms with Crippen LogP contribution in [0, 0.1) is 11.3 Å². The van der Waals surface area contributed by atoms with Crippen molar-refractivity contribution in [2.45, 2.75) is 31.3 Å². The molecule has 1 aromatic rings. The van der Waals surface area contributed by atoms with E-state index < -0.39 is 0 Å². The molecule has 1 aromatic heterocycles. The first-order valence-electron chi connectivity index (χ1n) is 6.68. The van der Waals surface area contributed by atoms with Crippen LogP contribution in [0.5, 0.6) is 0 Å². The molecule has 2 aliphatic rings. The zero-order valence-electron chi connectivity index (χ0n) is 10.7. The topological polar surface area (TPSA) is 69.0 Å². The van der Waals surface area contributed by atoms with Crippen molar-refractivity contribution in [2.75, 3.05) is 13.1 Å². The number of fused-ring (bicyclic) bond motifs is 2. The molecule has 3 rings (SSSR count). The van der Waals surface area contributed by atoms with Crippen molar-refractivity contribution in [3.63, 3.8) is 0 Å². The van der Waals surface area contributed by atoms with Gasteiger partial charge in [-0.05, 0) is 31.4 Å². The third-order valence-corrected chi connectivity index (χ3v) is 3.92. The normalized spacial score (nSPS) is 25.7. The van der Waals surface area contributed by atoms with E-state index in [4.69, 9.17) is 5.26 Å². The summed E-state index contributed by atoms with van der Waals surface area (Å²) in [6, 6.07) is 6.28. The van der Waals surface area contributed by atoms with Crippen LogP contribution in [0.15, 0.2) is 18.3 Å². The zero-order chi connectivity index (χ0) is 13.2. The lowest BCUT2D eigenvalue weighted by molar-refractivity contribution is 0.0742. The van der Waals surface area contributed by atoms with Gasteiger partial charge in [0.2, 0.25) is 0 Å². The maximum absolute atomic E-state index is 12.4. The summed E-state index contributed by atoms with van der Waals surface area (Å²) in [5, 5.41) is 12.3. The number of amides is 1. The van der Waals surface area contributed by atoms with Crippen molar-refractivity contribution < 1.29 is 4.79 Å². The van der Waals surface area contributed by atoms with Crippen LogP contribution in [-0.4, -0.2) is 41.0 Å². The van der Waals surface area contributed by atoms with Crippen LogP contribution in [-0.2, 0) is 0 Å². The number of rotatable bonds is 1. The van der Waals surface area contributed by atoms with Gasteiger partial charge < -0.3 is 10.2 Å². The van der Waals surface area contributed by atoms with Gasteiger partial charge in [0.1, 0.15) is 11.8 Å². The number of nitrogens with zero attached hydrogens (tertiary/aromatic N) is 3. The Labute approximate surface area is 112 Å². The van der Waals surface area contributed by atoms with Crippen LogP contribution in [0.3, 0.4) is 0 Å². The first kappa shape index (κ1) is 12.1. The average molecular weight is 256 g/mol. The molecule has 2 unspecified atom stereocenters. The molecule has 5 nitrogen and oxygen atoms in total. The van der Waals surface area contributed by atoms with E-state index in [1.807, 2.05) is 11.0 Å². The molecule has 0 spiro atoms. The Morgan fingerprint density at radius 1 is 1.37 bits per heavy atom. The predicted molar refractivity (Wildman–Crippen MR) is 69.4 cm³/mol. The van der Waals surface area contributed by atoms with E-state index in [2.05, 4.69) is 10.3 Å². The molecule has 5 heteroatoms. The summed E-state index contributed by atoms with van der Waals surface area (Å²) in [6.45, 7) is 1.55. The molecule has 2 saturated heterocycles. The van der Waals surface area contributed by atoms with Gasteiger partial charge in [0.15, 0.2) is 0 Å². The van der Waals surface area contributed by atoms with E-state index in [-0.39, 0.29) is 5.91 Å². The van der Waals surface area contributed by atoms with Crippen LogP contribution in [0.25, 0.3) is 0 Å². The van der Waals surface area contributed by atoms with Gasteiger partial charge in [0.05, 0.1) is 5.56 Å². The van der Waals surface area contributed by atoms with Crippen LogP contribution >= 0.6 is 0 Å². The second-order valence-corrected chi connectivity index (χ2v) is 5.22. The largest absolute Gasteiger partial charge is 0.336 e. The van der Waals surface area contributed by atoms with E-state index in [1.54, 1.807) is 12.1 Å². The Bertz CT molecular complexity index is 519. The first-order chi connectivity index (χ1) is 9.26. The van der Waals surface area contributed by atoms with Crippen molar-refractivity contribution in [3.8, 4) is 6.07 Å². The fourth-order valence-corrected chi connectivity index (χ4v) is 2.88. The summed E-state index contributed by atoms with van der Waals surface area (Å²) >= 11 is 0. The first-order valence-corrected chi connectivity index (χ1v) is 6.68. The molecular formula is C14H16N4O. The molecule has 0 saturated carbocycles. The number of nitriles is 1. The SMILES string of the molecule is N#Cc1ccc(C(=O)N2CCC3CCC(C2)N3)nc1. The van der Waals surface area contributed by atoms with E-state index in [0.29, 0.717) is 23.3 Å². The Morgan fingerprint density at radius 3 is 2.95 bits per heavy atom. The molecule has 19 heavy (non-hydrogen) atoms. The number of nitrogens with one attached hydrogen (secondary N) is 1. The molecule has 0 aromatic carbocycles. The van der Waals surface area contributed by atoms with Crippen molar-refractivity contribution in [2.24, 2.45) is 0 Å². The summed E-state index contributed by atoms with van der Waals surface area (Å²) in [4.78, 5) is 18.3. The van der Waals surface area contributed by atoms with Gasteiger partial charge in [-0.2, -0.15) is 5.26 Å². The molecule has 2 aliphatic heterocycles. The molecule has 98 valence electrons. The lowest BCUT2D eigenvalue weighted by atomic mass is 10.1. The van der Waals surface area contributed by atoms with Gasteiger partial charge in [-0.3, -0.25) is 4.79 Å². The quantitative estimate of drug-likeness (QED) is 0.811. The fourth-order valence-electron chi connectivity index (χ4n) is 2.88. The third-order valence-electron chi connectivity index (χ3n) is 3.92. The zero-order valence-corrected chi connectivity index (χ0v) is 10.7. The van der Waals surface area contributed by atoms with E-state index in [1.165, 1.54) is 12.6 Å². The van der Waals surface area contributed by atoms with Crippen LogP contribution in [0.2, 0.25) is 0 Å². The summed E-state index contributed by atoms with van der Waals surface area (Å²) in [6.07, 6.45) is 4.84. The maximum Gasteiger partial charge on any atom is 0.272 e. The second-order valence-electron chi connectivity index (χ2n) is 5.22. The summed E-state index contributed by atoms with van der Waals surface area (Å²) in [5.74, 6) is -0.0289. The summed E-state index contributed by atoms with van der Waals surface area (Å²) in [5.41, 5.74) is 0.907. The average Bonchev–Trinajstić information content (AvgIpc) is 2.78. The maximum atomic E-state index is 12.4. The van der Waals surface area contributed by atoms with E-state index in [9.17, 15) is 4.79 Å². The van der Waals surface area contributed by atoms with Crippen molar-refractivity contribution in [3.05, 3.63) is 29.6 Å². The molecule has 0 aliphatic carbocycles. The summed E-state index contributed by atoms with van der Waals surface area (Å²) < 4.78 is 0. The molecular weight excluding hydrogens is 240 g/mol. The molecule has 2 atom stereocenters. The van der Waals surface area contributed by atoms with Gasteiger partial charge in [-0.1, -0.05) is 0 Å². The number of aromatic nitrogens is 1. The van der Waals surface area contributed by atoms with Gasteiger partial charge in [0.25, 0.3) is 5.91 Å². The Kier molecular flexibility index (Phi) is 3.18. The molecule has 2 bridgehead atoms. The number of carbonyl (C=O) groups excluding carboxylic acids is 1. The van der Waals surface area contributed by atoms with Gasteiger partial charge in [-0.25, -0.2) is 4.98 Å². The minimum absolute atomic E-state index is 0.0289. The second kappa shape index (κ2) is 4.98. The highest BCUT2D eigenvalue weighted by Gasteiger charge is 2.31. The Morgan fingerprint density at radius 2 is 2.21 bits per heavy atom. The lowest BCUT2D eigenvalue weighted by Gasteiger charge is -2.23. The molecule has 1 amide bonds. The van der Waals surface area contributed by atoms with E-state index >= 15 is 0 Å². The number of hydrogen-bond acceptors (Lipinski definition) is 4. The summed E-state index contributed by atoms with van der Waals surface area (Å²) in [7, 11) is 0. The van der Waals surface area contributed by atoms with Crippen LogP contribution in [0.4, 0.5) is 0 Å². The smallest absolute Gasteiger partial charge is 0.272 e. The highest BCUT2D eigenvalue weighted by atomic mass is 16.2. The van der Waals surface area contributed by atoms with Gasteiger partial charge in [-0.15, -0.1) is 0 Å². The van der Waals surface area contributed by atoms with Crippen molar-refractivity contribution >= 4 is 5.91 Å². The predicted octanol–water partition coefficient (Wildman–Crippen LogP) is 0.920. The van der Waals surface area contributed by atoms with Crippen molar-refractivity contribution in [1.82, 2.24) is 15.2 Å². The van der Waals surface area contributed by atoms with Gasteiger partial charge >= 0.3 is 0 Å². The fraction of sp³-hybridized carbons (Fsp3) is 0.500. The van der Waals surface area contributed by atoms with E-state index in [0.717, 1.165) is 25.9 Å². The number of hydrogen-bond donors (Lipinski definition) is 1. The number of carbonyl (C=O) groups is 1. The third kappa shape index (κ3) is 2.45. The number of likely N-dealkylation sites (tertiary alicyclic amines) is 1. The number of pyridine rings is 1. The lowest BCUT2D eigenvalue weighted by Crippen LogP contribution is -2.39. The molecule has 0 radical (unpaired) electrons. The van der Waals surface area contributed by atoms with Crippen LogP contribution < -0.4 is 5.32 Å².